The highest BCUT2D eigenvalue weighted by molar-refractivity contribution is 7.08. The zero-order valence-electron chi connectivity index (χ0n) is 13.4. The van der Waals surface area contributed by atoms with Crippen LogP contribution >= 0.6 is 11.5 Å². The average Bonchev–Trinajstić information content (AvgIpc) is 3.24. The minimum absolute atomic E-state index is 0.0578. The zero-order chi connectivity index (χ0) is 16.2. The second kappa shape index (κ2) is 7.18. The van der Waals surface area contributed by atoms with Crippen LogP contribution in [0.3, 0.4) is 0 Å². The van der Waals surface area contributed by atoms with E-state index in [1.165, 1.54) is 0 Å². The molecule has 23 heavy (non-hydrogen) atoms. The van der Waals surface area contributed by atoms with E-state index < -0.39 is 0 Å². The van der Waals surface area contributed by atoms with Crippen LogP contribution in [0.4, 0.5) is 0 Å². The van der Waals surface area contributed by atoms with E-state index in [0.29, 0.717) is 17.9 Å². The summed E-state index contributed by atoms with van der Waals surface area (Å²) in [5.41, 5.74) is 1.76. The molecule has 1 aliphatic rings. The quantitative estimate of drug-likeness (QED) is 0.903. The van der Waals surface area contributed by atoms with E-state index in [4.69, 9.17) is 4.74 Å². The highest BCUT2D eigenvalue weighted by Crippen LogP contribution is 2.28. The average molecular weight is 335 g/mol. The predicted molar refractivity (Wildman–Crippen MR) is 86.4 cm³/mol. The molecular weight excluding hydrogens is 314 g/mol. The normalized spacial score (nSPS) is 21.3. The van der Waals surface area contributed by atoms with Gasteiger partial charge in [-0.25, -0.2) is 0 Å². The van der Waals surface area contributed by atoms with Crippen LogP contribution in [-0.4, -0.2) is 37.9 Å². The lowest BCUT2D eigenvalue weighted by Crippen LogP contribution is -2.42. The molecule has 0 unspecified atom stereocenters. The van der Waals surface area contributed by atoms with Crippen molar-refractivity contribution in [2.45, 2.75) is 51.8 Å². The van der Waals surface area contributed by atoms with Crippen molar-refractivity contribution < 1.29 is 9.53 Å². The molecule has 1 aliphatic heterocycles. The van der Waals surface area contributed by atoms with Gasteiger partial charge in [0.2, 0.25) is 0 Å². The van der Waals surface area contributed by atoms with Gasteiger partial charge in [0, 0.05) is 24.9 Å². The van der Waals surface area contributed by atoms with Gasteiger partial charge in [0.15, 0.2) is 0 Å². The van der Waals surface area contributed by atoms with E-state index in [9.17, 15) is 4.79 Å². The summed E-state index contributed by atoms with van der Waals surface area (Å²) in [5, 5.41) is 11.4. The Morgan fingerprint density at radius 3 is 3.13 bits per heavy atom. The monoisotopic (exact) mass is 335 g/mol. The summed E-state index contributed by atoms with van der Waals surface area (Å²) in [6, 6.07) is -0.0578. The summed E-state index contributed by atoms with van der Waals surface area (Å²) >= 11 is 1.15. The Bertz CT molecular complexity index is 668. The van der Waals surface area contributed by atoms with Crippen LogP contribution in [0.2, 0.25) is 0 Å². The molecule has 0 bridgehead atoms. The molecule has 1 fully saturated rings. The maximum Gasteiger partial charge on any atom is 0.265 e. The summed E-state index contributed by atoms with van der Waals surface area (Å²) in [5.74, 6) is -0.111. The Hall–Kier alpha value is -1.80. The number of nitrogens with one attached hydrogen (secondary N) is 1. The molecule has 2 aromatic rings. The third-order valence-corrected chi connectivity index (χ3v) is 4.81. The van der Waals surface area contributed by atoms with Crippen molar-refractivity contribution in [3.63, 3.8) is 0 Å². The van der Waals surface area contributed by atoms with Crippen LogP contribution in [0, 0.1) is 0 Å². The summed E-state index contributed by atoms with van der Waals surface area (Å²) in [6.45, 7) is 5.53. The molecule has 1 N–H and O–H groups in total. The maximum absolute atomic E-state index is 12.5. The van der Waals surface area contributed by atoms with Crippen LogP contribution in [0.15, 0.2) is 12.4 Å². The summed E-state index contributed by atoms with van der Waals surface area (Å²) in [4.78, 5) is 13.1. The van der Waals surface area contributed by atoms with Gasteiger partial charge in [-0.1, -0.05) is 11.4 Å². The smallest absolute Gasteiger partial charge is 0.265 e. The van der Waals surface area contributed by atoms with Crippen molar-refractivity contribution in [3.05, 3.63) is 28.5 Å². The number of hydrogen-bond acceptors (Lipinski definition) is 6. The molecule has 0 aromatic carbocycles. The fourth-order valence-electron chi connectivity index (χ4n) is 2.80. The lowest BCUT2D eigenvalue weighted by molar-refractivity contribution is -0.00947. The first-order valence-electron chi connectivity index (χ1n) is 7.99. The second-order valence-corrected chi connectivity index (χ2v) is 6.30. The minimum Gasteiger partial charge on any atom is -0.371 e. The van der Waals surface area contributed by atoms with Crippen LogP contribution in [0.5, 0.6) is 0 Å². The zero-order valence-corrected chi connectivity index (χ0v) is 14.2. The van der Waals surface area contributed by atoms with Gasteiger partial charge in [-0.15, -0.1) is 5.10 Å². The number of hydrogen-bond donors (Lipinski definition) is 1. The second-order valence-electron chi connectivity index (χ2n) is 5.55. The lowest BCUT2D eigenvalue weighted by Gasteiger charge is -2.31. The molecule has 1 amide bonds. The number of nitrogens with zero attached hydrogens (tertiary/aromatic N) is 4. The Kier molecular flexibility index (Phi) is 5.02. The number of ether oxygens (including phenoxy) is 1. The molecule has 0 radical (unpaired) electrons. The molecule has 0 saturated carbocycles. The highest BCUT2D eigenvalue weighted by Gasteiger charge is 2.31. The first-order chi connectivity index (χ1) is 11.2. The van der Waals surface area contributed by atoms with Gasteiger partial charge in [-0.3, -0.25) is 9.48 Å². The maximum atomic E-state index is 12.5. The third kappa shape index (κ3) is 3.42. The van der Waals surface area contributed by atoms with Gasteiger partial charge in [0.1, 0.15) is 11.0 Å². The van der Waals surface area contributed by atoms with Crippen molar-refractivity contribution in [2.24, 2.45) is 0 Å². The van der Waals surface area contributed by atoms with Crippen LogP contribution in [0.25, 0.3) is 0 Å². The predicted octanol–water partition coefficient (Wildman–Crippen LogP) is 1.97. The third-order valence-electron chi connectivity index (χ3n) is 4.04. The number of aryl methyl sites for hydroxylation is 2. The lowest BCUT2D eigenvalue weighted by atomic mass is 9.98. The van der Waals surface area contributed by atoms with E-state index in [-0.39, 0.29) is 18.1 Å². The van der Waals surface area contributed by atoms with Gasteiger partial charge in [-0.05, 0) is 37.7 Å². The topological polar surface area (TPSA) is 81.9 Å². The van der Waals surface area contributed by atoms with Gasteiger partial charge in [-0.2, -0.15) is 5.10 Å². The molecule has 0 aliphatic carbocycles. The fourth-order valence-corrected chi connectivity index (χ4v) is 3.46. The number of aromatic nitrogens is 4. The highest BCUT2D eigenvalue weighted by atomic mass is 32.1. The first-order valence-corrected chi connectivity index (χ1v) is 8.76. The van der Waals surface area contributed by atoms with Gasteiger partial charge < -0.3 is 10.1 Å². The van der Waals surface area contributed by atoms with Crippen molar-refractivity contribution >= 4 is 17.4 Å². The number of carbonyl (C=O) groups is 1. The van der Waals surface area contributed by atoms with Crippen molar-refractivity contribution in [2.75, 3.05) is 6.61 Å². The molecular formula is C15H21N5O2S. The van der Waals surface area contributed by atoms with E-state index >= 15 is 0 Å². The van der Waals surface area contributed by atoms with Crippen molar-refractivity contribution in [3.8, 4) is 0 Å². The van der Waals surface area contributed by atoms with Crippen LogP contribution in [0.1, 0.15) is 53.7 Å². The largest absolute Gasteiger partial charge is 0.371 e. The Morgan fingerprint density at radius 2 is 2.39 bits per heavy atom. The molecule has 7 nitrogen and oxygen atoms in total. The van der Waals surface area contributed by atoms with E-state index in [0.717, 1.165) is 42.2 Å². The molecule has 2 atom stereocenters. The van der Waals surface area contributed by atoms with E-state index in [1.54, 1.807) is 0 Å². The summed E-state index contributed by atoms with van der Waals surface area (Å²) in [6.07, 6.45) is 6.18. The van der Waals surface area contributed by atoms with Gasteiger partial charge in [0.05, 0.1) is 17.9 Å². The molecule has 3 rings (SSSR count). The summed E-state index contributed by atoms with van der Waals surface area (Å²) in [7, 11) is 0. The van der Waals surface area contributed by atoms with Crippen molar-refractivity contribution in [1.29, 1.82) is 0 Å². The van der Waals surface area contributed by atoms with E-state index in [1.807, 2.05) is 30.9 Å². The number of amides is 1. The molecule has 8 heteroatoms. The Balaban J connectivity index is 1.75. The Labute approximate surface area is 139 Å². The minimum atomic E-state index is -0.154. The van der Waals surface area contributed by atoms with Gasteiger partial charge in [0.25, 0.3) is 5.91 Å². The SMILES string of the molecule is CCc1nnsc1C(=O)N[C@H]1CCCO[C@@H]1c1cnn(CC)c1. The molecule has 2 aromatic heterocycles. The summed E-state index contributed by atoms with van der Waals surface area (Å²) < 4.78 is 11.7. The molecule has 0 spiro atoms. The number of rotatable bonds is 5. The first kappa shape index (κ1) is 16.1. The van der Waals surface area contributed by atoms with E-state index in [2.05, 4.69) is 20.0 Å². The van der Waals surface area contributed by atoms with Crippen LogP contribution in [-0.2, 0) is 17.7 Å². The molecule has 124 valence electrons. The van der Waals surface area contributed by atoms with Crippen LogP contribution < -0.4 is 5.32 Å². The molecule has 1 saturated heterocycles. The van der Waals surface area contributed by atoms with Gasteiger partial charge >= 0.3 is 0 Å². The standard InChI is InChI=1S/C15H21N5O2S/c1-3-11-14(23-19-18-11)15(21)17-12-6-5-7-22-13(12)10-8-16-20(4-2)9-10/h8-9,12-13H,3-7H2,1-2H3,(H,17,21)/t12-,13+/m0/s1. The number of carbonyl (C=O) groups excluding carboxylic acids is 1. The Morgan fingerprint density at radius 1 is 1.52 bits per heavy atom. The fraction of sp³-hybridized carbons (Fsp3) is 0.600. The van der Waals surface area contributed by atoms with Crippen molar-refractivity contribution in [1.82, 2.24) is 24.7 Å². The molecule has 3 heterocycles.